The maximum absolute atomic E-state index is 11.1. The summed E-state index contributed by atoms with van der Waals surface area (Å²) in [6.07, 6.45) is 2.15. The van der Waals surface area contributed by atoms with E-state index in [9.17, 15) is 4.79 Å². The van der Waals surface area contributed by atoms with Gasteiger partial charge in [-0.2, -0.15) is 0 Å². The highest BCUT2D eigenvalue weighted by atomic mass is 16.5. The molecule has 2 amide bonds. The number of carbonyl (C=O) groups excluding carboxylic acids is 1. The molecule has 0 heterocycles. The molecular formula is C15H16N2O2. The van der Waals surface area contributed by atoms with Gasteiger partial charge in [0.15, 0.2) is 0 Å². The van der Waals surface area contributed by atoms with Crippen LogP contribution in [0.15, 0.2) is 41.4 Å². The number of methoxy groups -OCH3 is 1. The molecule has 0 unspecified atom stereocenters. The second-order valence-electron chi connectivity index (χ2n) is 4.04. The Morgan fingerprint density at radius 2 is 2.11 bits per heavy atom. The van der Waals surface area contributed by atoms with Crippen molar-refractivity contribution in [3.05, 3.63) is 42.0 Å². The number of rotatable bonds is 3. The highest BCUT2D eigenvalue weighted by Gasteiger charge is 2.06. The summed E-state index contributed by atoms with van der Waals surface area (Å²) < 4.78 is 5.38. The molecule has 0 aliphatic heterocycles. The molecule has 0 fully saturated rings. The number of hydrogen-bond acceptors (Lipinski definition) is 2. The number of nitrogens with zero attached hydrogens (tertiary/aromatic N) is 1. The van der Waals surface area contributed by atoms with Crippen molar-refractivity contribution in [2.75, 3.05) is 14.2 Å². The highest BCUT2D eigenvalue weighted by molar-refractivity contribution is 5.91. The fourth-order valence-corrected chi connectivity index (χ4v) is 2.00. The SMILES string of the molecule is CNC(=O)/N=C/Cc1c(OC)ccc2ccccc12. The monoisotopic (exact) mass is 256 g/mol. The molecule has 19 heavy (non-hydrogen) atoms. The second kappa shape index (κ2) is 6.00. The number of carbonyl (C=O) groups is 1. The van der Waals surface area contributed by atoms with Crippen LogP contribution in [0.3, 0.4) is 0 Å². The van der Waals surface area contributed by atoms with Gasteiger partial charge >= 0.3 is 6.03 Å². The Hall–Kier alpha value is -2.36. The van der Waals surface area contributed by atoms with Crippen LogP contribution in [0.5, 0.6) is 5.75 Å². The molecule has 2 aromatic carbocycles. The lowest BCUT2D eigenvalue weighted by Crippen LogP contribution is -2.12. The lowest BCUT2D eigenvalue weighted by Gasteiger charge is -2.10. The van der Waals surface area contributed by atoms with E-state index < -0.39 is 0 Å². The molecule has 0 aromatic heterocycles. The predicted molar refractivity (Wildman–Crippen MR) is 77.2 cm³/mol. The minimum Gasteiger partial charge on any atom is -0.496 e. The topological polar surface area (TPSA) is 50.7 Å². The molecule has 0 spiro atoms. The molecular weight excluding hydrogens is 240 g/mol. The van der Waals surface area contributed by atoms with E-state index in [4.69, 9.17) is 4.74 Å². The Balaban J connectivity index is 2.39. The van der Waals surface area contributed by atoms with Crippen LogP contribution in [0.25, 0.3) is 10.8 Å². The van der Waals surface area contributed by atoms with Crippen molar-refractivity contribution in [2.24, 2.45) is 4.99 Å². The molecule has 4 nitrogen and oxygen atoms in total. The summed E-state index contributed by atoms with van der Waals surface area (Å²) in [6, 6.07) is 11.7. The smallest absolute Gasteiger partial charge is 0.340 e. The summed E-state index contributed by atoms with van der Waals surface area (Å²) in [5, 5.41) is 4.71. The largest absolute Gasteiger partial charge is 0.496 e. The van der Waals surface area contributed by atoms with Gasteiger partial charge in [-0.3, -0.25) is 0 Å². The van der Waals surface area contributed by atoms with Gasteiger partial charge in [0.25, 0.3) is 0 Å². The van der Waals surface area contributed by atoms with Gasteiger partial charge in [-0.15, -0.1) is 0 Å². The van der Waals surface area contributed by atoms with E-state index in [0.29, 0.717) is 6.42 Å². The van der Waals surface area contributed by atoms with Gasteiger partial charge in [0.2, 0.25) is 0 Å². The van der Waals surface area contributed by atoms with Gasteiger partial charge in [0.1, 0.15) is 5.75 Å². The van der Waals surface area contributed by atoms with Crippen LogP contribution in [-0.4, -0.2) is 26.4 Å². The molecule has 2 rings (SSSR count). The van der Waals surface area contributed by atoms with Gasteiger partial charge in [0.05, 0.1) is 7.11 Å². The Labute approximate surface area is 112 Å². The molecule has 98 valence electrons. The van der Waals surface area contributed by atoms with Crippen molar-refractivity contribution in [2.45, 2.75) is 6.42 Å². The quantitative estimate of drug-likeness (QED) is 0.858. The zero-order valence-electron chi connectivity index (χ0n) is 11.0. The van der Waals surface area contributed by atoms with Gasteiger partial charge in [0, 0.05) is 25.2 Å². The first kappa shape index (κ1) is 13.1. The number of aliphatic imine (C=N–C) groups is 1. The van der Waals surface area contributed by atoms with E-state index in [-0.39, 0.29) is 6.03 Å². The fourth-order valence-electron chi connectivity index (χ4n) is 2.00. The molecule has 0 saturated carbocycles. The molecule has 0 saturated heterocycles. The molecule has 2 aromatic rings. The Morgan fingerprint density at radius 1 is 1.32 bits per heavy atom. The zero-order valence-corrected chi connectivity index (χ0v) is 11.0. The third-order valence-corrected chi connectivity index (χ3v) is 2.94. The van der Waals surface area contributed by atoms with Gasteiger partial charge < -0.3 is 10.1 Å². The maximum atomic E-state index is 11.1. The van der Waals surface area contributed by atoms with Crippen molar-refractivity contribution in [1.29, 1.82) is 0 Å². The van der Waals surface area contributed by atoms with E-state index in [0.717, 1.165) is 22.1 Å². The first-order valence-electron chi connectivity index (χ1n) is 6.05. The minimum atomic E-state index is -0.348. The van der Waals surface area contributed by atoms with E-state index >= 15 is 0 Å². The van der Waals surface area contributed by atoms with E-state index in [1.807, 2.05) is 36.4 Å². The lowest BCUT2D eigenvalue weighted by atomic mass is 10.0. The zero-order chi connectivity index (χ0) is 13.7. The number of urea groups is 1. The molecule has 0 aliphatic carbocycles. The number of ether oxygens (including phenoxy) is 1. The summed E-state index contributed by atoms with van der Waals surface area (Å²) in [5.74, 6) is 0.807. The molecule has 0 atom stereocenters. The van der Waals surface area contributed by atoms with E-state index in [1.54, 1.807) is 20.4 Å². The summed E-state index contributed by atoms with van der Waals surface area (Å²) in [6.45, 7) is 0. The first-order valence-corrected chi connectivity index (χ1v) is 6.05. The Morgan fingerprint density at radius 3 is 2.84 bits per heavy atom. The van der Waals surface area contributed by atoms with Crippen LogP contribution in [0.4, 0.5) is 4.79 Å². The van der Waals surface area contributed by atoms with Crippen molar-refractivity contribution in [3.63, 3.8) is 0 Å². The number of hydrogen-bond donors (Lipinski definition) is 1. The van der Waals surface area contributed by atoms with Gasteiger partial charge in [-0.25, -0.2) is 9.79 Å². The average Bonchev–Trinajstić information content (AvgIpc) is 2.47. The van der Waals surface area contributed by atoms with E-state index in [1.165, 1.54) is 0 Å². The van der Waals surface area contributed by atoms with Crippen LogP contribution < -0.4 is 10.1 Å². The minimum absolute atomic E-state index is 0.348. The fraction of sp³-hybridized carbons (Fsp3) is 0.200. The second-order valence-corrected chi connectivity index (χ2v) is 4.04. The maximum Gasteiger partial charge on any atom is 0.340 e. The summed E-state index contributed by atoms with van der Waals surface area (Å²) in [7, 11) is 3.20. The molecule has 4 heteroatoms. The van der Waals surface area contributed by atoms with Crippen molar-refractivity contribution < 1.29 is 9.53 Å². The third kappa shape index (κ3) is 2.91. The predicted octanol–water partition coefficient (Wildman–Crippen LogP) is 2.80. The molecule has 0 radical (unpaired) electrons. The highest BCUT2D eigenvalue weighted by Crippen LogP contribution is 2.27. The van der Waals surface area contributed by atoms with Crippen molar-refractivity contribution in [3.8, 4) is 5.75 Å². The van der Waals surface area contributed by atoms with E-state index in [2.05, 4.69) is 10.3 Å². The van der Waals surface area contributed by atoms with Gasteiger partial charge in [-0.05, 0) is 16.8 Å². The van der Waals surface area contributed by atoms with Gasteiger partial charge in [-0.1, -0.05) is 30.3 Å². The van der Waals surface area contributed by atoms with Crippen LogP contribution in [-0.2, 0) is 6.42 Å². The van der Waals surface area contributed by atoms with Crippen LogP contribution in [0.1, 0.15) is 5.56 Å². The number of nitrogens with one attached hydrogen (secondary N) is 1. The van der Waals surface area contributed by atoms with Crippen molar-refractivity contribution in [1.82, 2.24) is 5.32 Å². The van der Waals surface area contributed by atoms with Crippen molar-refractivity contribution >= 4 is 23.0 Å². The molecule has 1 N–H and O–H groups in total. The summed E-state index contributed by atoms with van der Waals surface area (Å²) >= 11 is 0. The van der Waals surface area contributed by atoms with Crippen LogP contribution in [0.2, 0.25) is 0 Å². The Kier molecular flexibility index (Phi) is 4.13. The molecule has 0 aliphatic rings. The van der Waals surface area contributed by atoms with Crippen LogP contribution >= 0.6 is 0 Å². The summed E-state index contributed by atoms with van der Waals surface area (Å²) in [4.78, 5) is 14.9. The Bertz CT molecular complexity index is 621. The number of benzene rings is 2. The number of fused-ring (bicyclic) bond motifs is 1. The summed E-state index contributed by atoms with van der Waals surface area (Å²) in [5.41, 5.74) is 1.04. The average molecular weight is 256 g/mol. The van der Waals surface area contributed by atoms with Crippen LogP contribution in [0, 0.1) is 0 Å². The normalized spacial score (nSPS) is 10.8. The first-order chi connectivity index (χ1) is 9.26. The molecule has 0 bridgehead atoms. The lowest BCUT2D eigenvalue weighted by molar-refractivity contribution is 0.251. The third-order valence-electron chi connectivity index (χ3n) is 2.94. The number of amides is 2. The standard InChI is InChI=1S/C15H16N2O2/c1-16-15(18)17-10-9-13-12-6-4-3-5-11(12)7-8-14(13)19-2/h3-8,10H,9H2,1-2H3,(H,16,18)/b17-10+.